The van der Waals surface area contributed by atoms with Gasteiger partial charge in [-0.3, -0.25) is 4.79 Å². The number of aliphatic carboxylic acids is 1. The van der Waals surface area contributed by atoms with Crippen molar-refractivity contribution in [3.05, 3.63) is 29.3 Å². The molecule has 1 aromatic carbocycles. The van der Waals surface area contributed by atoms with E-state index < -0.39 is 24.6 Å². The first-order valence-electron chi connectivity index (χ1n) is 5.02. The highest BCUT2D eigenvalue weighted by Gasteiger charge is 2.21. The highest BCUT2D eigenvalue weighted by Crippen LogP contribution is 2.23. The molecule has 2 atom stereocenters. The second-order valence-corrected chi connectivity index (χ2v) is 3.73. The van der Waals surface area contributed by atoms with Crippen LogP contribution in [0.3, 0.4) is 0 Å². The third-order valence-corrected chi connectivity index (χ3v) is 2.43. The maximum absolute atomic E-state index is 10.4. The summed E-state index contributed by atoms with van der Waals surface area (Å²) in [5, 5.41) is 36.6. The largest absolute Gasteiger partial charge is 0.481 e. The summed E-state index contributed by atoms with van der Waals surface area (Å²) in [4.78, 5) is 10.4. The van der Waals surface area contributed by atoms with Crippen LogP contribution in [0.5, 0.6) is 0 Å². The second kappa shape index (κ2) is 5.62. The third kappa shape index (κ3) is 3.42. The van der Waals surface area contributed by atoms with Crippen LogP contribution >= 0.6 is 0 Å². The van der Waals surface area contributed by atoms with Gasteiger partial charge in [0.15, 0.2) is 0 Å². The van der Waals surface area contributed by atoms with Gasteiger partial charge in [-0.05, 0) is 17.7 Å². The third-order valence-electron chi connectivity index (χ3n) is 2.43. The molecule has 0 aromatic heterocycles. The Bertz CT molecular complexity index is 407. The van der Waals surface area contributed by atoms with E-state index in [-0.39, 0.29) is 6.61 Å². The predicted octanol–water partition coefficient (Wildman–Crippen LogP) is -0.370. The summed E-state index contributed by atoms with van der Waals surface area (Å²) in [6.45, 7) is -0.290. The van der Waals surface area contributed by atoms with Gasteiger partial charge in [0.05, 0.1) is 19.1 Å². The molecule has 0 aliphatic rings. The fraction of sp³-hybridized carbons (Fsp3) is 0.364. The quantitative estimate of drug-likeness (QED) is 0.448. The van der Waals surface area contributed by atoms with Crippen LogP contribution in [0.4, 0.5) is 5.69 Å². The van der Waals surface area contributed by atoms with Crippen LogP contribution in [0.25, 0.3) is 0 Å². The van der Waals surface area contributed by atoms with Gasteiger partial charge in [-0.25, -0.2) is 0 Å². The molecule has 6 N–H and O–H groups in total. The molecule has 0 radical (unpaired) electrons. The van der Waals surface area contributed by atoms with E-state index in [2.05, 4.69) is 0 Å². The number of aliphatic hydroxyl groups is 3. The lowest BCUT2D eigenvalue weighted by atomic mass is 9.99. The predicted molar refractivity (Wildman–Crippen MR) is 60.0 cm³/mol. The monoisotopic (exact) mass is 241 g/mol. The van der Waals surface area contributed by atoms with E-state index >= 15 is 0 Å². The highest BCUT2D eigenvalue weighted by atomic mass is 16.4. The fourth-order valence-corrected chi connectivity index (χ4v) is 1.46. The van der Waals surface area contributed by atoms with Gasteiger partial charge in [-0.2, -0.15) is 0 Å². The minimum Gasteiger partial charge on any atom is -0.481 e. The molecule has 1 rings (SSSR count). The highest BCUT2D eigenvalue weighted by molar-refractivity contribution is 5.67. The van der Waals surface area contributed by atoms with E-state index in [9.17, 15) is 15.0 Å². The van der Waals surface area contributed by atoms with Gasteiger partial charge < -0.3 is 26.2 Å². The summed E-state index contributed by atoms with van der Waals surface area (Å²) < 4.78 is 0. The fourth-order valence-electron chi connectivity index (χ4n) is 1.46. The van der Waals surface area contributed by atoms with E-state index in [1.54, 1.807) is 0 Å². The van der Waals surface area contributed by atoms with Crippen LogP contribution in [0.15, 0.2) is 18.2 Å². The molecular weight excluding hydrogens is 226 g/mol. The number of carbonyl (C=O) groups is 1. The molecule has 0 amide bonds. The topological polar surface area (TPSA) is 124 Å². The average molecular weight is 241 g/mol. The molecular formula is C11H15NO5. The molecule has 0 heterocycles. The van der Waals surface area contributed by atoms with Crippen molar-refractivity contribution in [3.63, 3.8) is 0 Å². The number of nitrogens with two attached hydrogens (primary N) is 1. The summed E-state index contributed by atoms with van der Waals surface area (Å²) >= 11 is 0. The Kier molecular flexibility index (Phi) is 4.45. The molecule has 1 aromatic rings. The van der Waals surface area contributed by atoms with Crippen LogP contribution in [-0.4, -0.2) is 32.5 Å². The SMILES string of the molecule is Nc1ccc(C(O)C(O)CC(=O)O)cc1CO. The van der Waals surface area contributed by atoms with Crippen molar-refractivity contribution in [2.75, 3.05) is 5.73 Å². The molecule has 0 aliphatic carbocycles. The lowest BCUT2D eigenvalue weighted by Crippen LogP contribution is -2.22. The first-order valence-corrected chi connectivity index (χ1v) is 5.02. The molecule has 0 fully saturated rings. The molecule has 0 bridgehead atoms. The van der Waals surface area contributed by atoms with E-state index in [1.165, 1.54) is 18.2 Å². The standard InChI is InChI=1S/C11H15NO5/c12-8-2-1-6(3-7(8)5-13)11(17)9(14)4-10(15)16/h1-3,9,11,13-14,17H,4-5,12H2,(H,15,16). The molecule has 0 saturated heterocycles. The van der Waals surface area contributed by atoms with Crippen molar-refractivity contribution in [1.82, 2.24) is 0 Å². The number of nitrogen functional groups attached to an aromatic ring is 1. The Labute approximate surface area is 97.9 Å². The van der Waals surface area contributed by atoms with Crippen molar-refractivity contribution in [2.45, 2.75) is 25.2 Å². The van der Waals surface area contributed by atoms with Crippen LogP contribution in [0, 0.1) is 0 Å². The van der Waals surface area contributed by atoms with E-state index in [0.717, 1.165) is 0 Å². The van der Waals surface area contributed by atoms with Crippen molar-refractivity contribution in [3.8, 4) is 0 Å². The lowest BCUT2D eigenvalue weighted by Gasteiger charge is -2.17. The van der Waals surface area contributed by atoms with Gasteiger partial charge in [0, 0.05) is 11.3 Å². The number of rotatable bonds is 5. The van der Waals surface area contributed by atoms with Crippen molar-refractivity contribution in [1.29, 1.82) is 0 Å². The summed E-state index contributed by atoms with van der Waals surface area (Å²) in [5.41, 5.74) is 6.67. The van der Waals surface area contributed by atoms with Gasteiger partial charge in [-0.15, -0.1) is 0 Å². The maximum atomic E-state index is 10.4. The van der Waals surface area contributed by atoms with Gasteiger partial charge in [-0.1, -0.05) is 6.07 Å². The normalized spacial score (nSPS) is 14.3. The molecule has 6 heteroatoms. The zero-order valence-electron chi connectivity index (χ0n) is 9.08. The number of anilines is 1. The molecule has 0 saturated carbocycles. The minimum absolute atomic E-state index is 0.290. The zero-order valence-corrected chi connectivity index (χ0v) is 9.08. The zero-order chi connectivity index (χ0) is 13.0. The van der Waals surface area contributed by atoms with E-state index in [4.69, 9.17) is 15.9 Å². The summed E-state index contributed by atoms with van der Waals surface area (Å²) in [6.07, 6.45) is -3.28. The average Bonchev–Trinajstić information content (AvgIpc) is 2.27. The Morgan fingerprint density at radius 2 is 2.00 bits per heavy atom. The van der Waals surface area contributed by atoms with Gasteiger partial charge in [0.1, 0.15) is 6.10 Å². The molecule has 2 unspecified atom stereocenters. The number of benzene rings is 1. The number of carboxylic acids is 1. The molecule has 0 aliphatic heterocycles. The Hall–Kier alpha value is -1.63. The van der Waals surface area contributed by atoms with Crippen molar-refractivity contribution >= 4 is 11.7 Å². The van der Waals surface area contributed by atoms with E-state index in [1.807, 2.05) is 0 Å². The molecule has 6 nitrogen and oxygen atoms in total. The van der Waals surface area contributed by atoms with Crippen molar-refractivity contribution < 1.29 is 25.2 Å². The van der Waals surface area contributed by atoms with Crippen LogP contribution in [0.1, 0.15) is 23.7 Å². The first-order chi connectivity index (χ1) is 7.95. The number of hydrogen-bond acceptors (Lipinski definition) is 5. The Morgan fingerprint density at radius 3 is 2.53 bits per heavy atom. The molecule has 94 valence electrons. The Morgan fingerprint density at radius 1 is 1.35 bits per heavy atom. The summed E-state index contributed by atoms with van der Waals surface area (Å²) in [7, 11) is 0. The first kappa shape index (κ1) is 13.4. The van der Waals surface area contributed by atoms with E-state index in [0.29, 0.717) is 16.8 Å². The summed E-state index contributed by atoms with van der Waals surface area (Å²) in [5.74, 6) is -1.20. The number of hydrogen-bond donors (Lipinski definition) is 5. The molecule has 0 spiro atoms. The number of carboxylic acid groups (broad SMARTS) is 1. The molecule has 17 heavy (non-hydrogen) atoms. The van der Waals surface area contributed by atoms with Crippen LogP contribution in [0.2, 0.25) is 0 Å². The van der Waals surface area contributed by atoms with Gasteiger partial charge in [0.2, 0.25) is 0 Å². The van der Waals surface area contributed by atoms with Crippen LogP contribution < -0.4 is 5.73 Å². The van der Waals surface area contributed by atoms with Gasteiger partial charge >= 0.3 is 5.97 Å². The second-order valence-electron chi connectivity index (χ2n) is 3.73. The minimum atomic E-state index is -1.40. The van der Waals surface area contributed by atoms with Gasteiger partial charge in [0.25, 0.3) is 0 Å². The van der Waals surface area contributed by atoms with Crippen LogP contribution in [-0.2, 0) is 11.4 Å². The Balaban J connectivity index is 2.88. The maximum Gasteiger partial charge on any atom is 0.306 e. The van der Waals surface area contributed by atoms with Crippen molar-refractivity contribution in [2.24, 2.45) is 0 Å². The lowest BCUT2D eigenvalue weighted by molar-refractivity contribution is -0.141. The number of aliphatic hydroxyl groups excluding tert-OH is 3. The smallest absolute Gasteiger partial charge is 0.306 e. The summed E-state index contributed by atoms with van der Waals surface area (Å²) in [6, 6.07) is 4.40.